The number of nitrogen functional groups attached to an aromatic ring is 1. The SMILES string of the molecule is CCc1nc(N)c(C(=O)O)cc1C. The van der Waals surface area contributed by atoms with Gasteiger partial charge in [-0.3, -0.25) is 0 Å². The number of carbonyl (C=O) groups is 1. The molecule has 1 aromatic heterocycles. The lowest BCUT2D eigenvalue weighted by Crippen LogP contribution is -2.07. The van der Waals surface area contributed by atoms with Gasteiger partial charge in [0.1, 0.15) is 11.4 Å². The van der Waals surface area contributed by atoms with E-state index in [1.165, 1.54) is 0 Å². The van der Waals surface area contributed by atoms with E-state index in [1.54, 1.807) is 6.07 Å². The molecule has 0 spiro atoms. The molecule has 1 heterocycles. The summed E-state index contributed by atoms with van der Waals surface area (Å²) < 4.78 is 0. The number of hydrogen-bond acceptors (Lipinski definition) is 3. The van der Waals surface area contributed by atoms with E-state index < -0.39 is 5.97 Å². The molecule has 4 heteroatoms. The maximum Gasteiger partial charge on any atom is 0.339 e. The second-order valence-electron chi connectivity index (χ2n) is 2.84. The van der Waals surface area contributed by atoms with Crippen LogP contribution in [0.3, 0.4) is 0 Å². The first-order chi connectivity index (χ1) is 6.06. The summed E-state index contributed by atoms with van der Waals surface area (Å²) in [4.78, 5) is 14.7. The average molecular weight is 180 g/mol. The van der Waals surface area contributed by atoms with Crippen molar-refractivity contribution >= 4 is 11.8 Å². The lowest BCUT2D eigenvalue weighted by Gasteiger charge is -2.05. The molecule has 0 aliphatic heterocycles. The summed E-state index contributed by atoms with van der Waals surface area (Å²) in [5.74, 6) is -0.939. The highest BCUT2D eigenvalue weighted by molar-refractivity contribution is 5.92. The molecule has 3 N–H and O–H groups in total. The van der Waals surface area contributed by atoms with Gasteiger partial charge < -0.3 is 10.8 Å². The Bertz CT molecular complexity index is 348. The molecule has 0 fully saturated rings. The van der Waals surface area contributed by atoms with Gasteiger partial charge in [0.05, 0.1) is 0 Å². The minimum atomic E-state index is -1.03. The zero-order valence-electron chi connectivity index (χ0n) is 7.66. The molecule has 0 radical (unpaired) electrons. The fourth-order valence-corrected chi connectivity index (χ4v) is 1.20. The summed E-state index contributed by atoms with van der Waals surface area (Å²) in [5, 5.41) is 8.73. The van der Waals surface area contributed by atoms with Crippen molar-refractivity contribution in [1.82, 2.24) is 4.98 Å². The Morgan fingerprint density at radius 3 is 2.77 bits per heavy atom. The molecule has 0 amide bonds. The van der Waals surface area contributed by atoms with E-state index in [1.807, 2.05) is 13.8 Å². The predicted molar refractivity (Wildman–Crippen MR) is 49.7 cm³/mol. The maximum atomic E-state index is 10.7. The summed E-state index contributed by atoms with van der Waals surface area (Å²) in [5.41, 5.74) is 7.27. The van der Waals surface area contributed by atoms with Crippen molar-refractivity contribution < 1.29 is 9.90 Å². The summed E-state index contributed by atoms with van der Waals surface area (Å²) >= 11 is 0. The van der Waals surface area contributed by atoms with Crippen LogP contribution in [0.25, 0.3) is 0 Å². The largest absolute Gasteiger partial charge is 0.478 e. The van der Waals surface area contributed by atoms with E-state index >= 15 is 0 Å². The molecule has 0 atom stereocenters. The van der Waals surface area contributed by atoms with Gasteiger partial charge in [-0.2, -0.15) is 0 Å². The Hall–Kier alpha value is -1.58. The van der Waals surface area contributed by atoms with Gasteiger partial charge in [0.2, 0.25) is 0 Å². The Morgan fingerprint density at radius 2 is 2.31 bits per heavy atom. The maximum absolute atomic E-state index is 10.7. The van der Waals surface area contributed by atoms with E-state index in [2.05, 4.69) is 4.98 Å². The smallest absolute Gasteiger partial charge is 0.339 e. The van der Waals surface area contributed by atoms with Gasteiger partial charge in [-0.1, -0.05) is 6.92 Å². The van der Waals surface area contributed by atoms with Crippen molar-refractivity contribution in [2.24, 2.45) is 0 Å². The minimum Gasteiger partial charge on any atom is -0.478 e. The van der Waals surface area contributed by atoms with Gasteiger partial charge in [-0.15, -0.1) is 0 Å². The highest BCUT2D eigenvalue weighted by Gasteiger charge is 2.11. The Morgan fingerprint density at radius 1 is 1.69 bits per heavy atom. The number of hydrogen-bond donors (Lipinski definition) is 2. The molecule has 13 heavy (non-hydrogen) atoms. The monoisotopic (exact) mass is 180 g/mol. The molecule has 0 aliphatic rings. The number of rotatable bonds is 2. The second kappa shape index (κ2) is 3.43. The number of aromatic nitrogens is 1. The van der Waals surface area contributed by atoms with Crippen LogP contribution in [0.5, 0.6) is 0 Å². The van der Waals surface area contributed by atoms with Crippen molar-refractivity contribution in [3.63, 3.8) is 0 Å². The number of anilines is 1. The van der Waals surface area contributed by atoms with E-state index in [0.29, 0.717) is 0 Å². The highest BCUT2D eigenvalue weighted by atomic mass is 16.4. The lowest BCUT2D eigenvalue weighted by molar-refractivity contribution is 0.0697. The molecule has 0 aromatic carbocycles. The number of aryl methyl sites for hydroxylation is 2. The van der Waals surface area contributed by atoms with Crippen molar-refractivity contribution in [3.8, 4) is 0 Å². The fraction of sp³-hybridized carbons (Fsp3) is 0.333. The highest BCUT2D eigenvalue weighted by Crippen LogP contribution is 2.14. The summed E-state index contributed by atoms with van der Waals surface area (Å²) in [6.07, 6.45) is 0.760. The van der Waals surface area contributed by atoms with Gasteiger partial charge in [0.15, 0.2) is 0 Å². The van der Waals surface area contributed by atoms with E-state index in [9.17, 15) is 4.79 Å². The Labute approximate surface area is 76.4 Å². The molecule has 0 saturated heterocycles. The van der Waals surface area contributed by atoms with Crippen LogP contribution >= 0.6 is 0 Å². The number of carboxylic acid groups (broad SMARTS) is 1. The van der Waals surface area contributed by atoms with Crippen molar-refractivity contribution in [1.29, 1.82) is 0 Å². The van der Waals surface area contributed by atoms with Crippen molar-refractivity contribution in [3.05, 3.63) is 22.9 Å². The molecular formula is C9H12N2O2. The molecule has 70 valence electrons. The first-order valence-electron chi connectivity index (χ1n) is 4.05. The third-order valence-corrected chi connectivity index (χ3v) is 1.91. The van der Waals surface area contributed by atoms with Gasteiger partial charge in [-0.05, 0) is 25.0 Å². The molecule has 0 saturated carbocycles. The number of pyridine rings is 1. The molecule has 1 aromatic rings. The van der Waals surface area contributed by atoms with Gasteiger partial charge >= 0.3 is 5.97 Å². The first-order valence-corrected chi connectivity index (χ1v) is 4.05. The quantitative estimate of drug-likeness (QED) is 0.717. The third-order valence-electron chi connectivity index (χ3n) is 1.91. The van der Waals surface area contributed by atoms with Gasteiger partial charge in [-0.25, -0.2) is 9.78 Å². The van der Waals surface area contributed by atoms with Crippen LogP contribution in [0.15, 0.2) is 6.07 Å². The van der Waals surface area contributed by atoms with Crippen LogP contribution in [-0.2, 0) is 6.42 Å². The zero-order valence-corrected chi connectivity index (χ0v) is 7.66. The number of nitrogens with two attached hydrogens (primary N) is 1. The van der Waals surface area contributed by atoms with Gasteiger partial charge in [0, 0.05) is 5.69 Å². The molecule has 1 rings (SSSR count). The lowest BCUT2D eigenvalue weighted by atomic mass is 10.1. The van der Waals surface area contributed by atoms with Crippen LogP contribution in [0.4, 0.5) is 5.82 Å². The van der Waals surface area contributed by atoms with Crippen LogP contribution < -0.4 is 5.73 Å². The number of nitrogens with zero attached hydrogens (tertiary/aromatic N) is 1. The normalized spacial score (nSPS) is 10.0. The molecule has 4 nitrogen and oxygen atoms in total. The number of aromatic carboxylic acids is 1. The van der Waals surface area contributed by atoms with Crippen molar-refractivity contribution in [2.75, 3.05) is 5.73 Å². The molecule has 0 aliphatic carbocycles. The number of carboxylic acids is 1. The van der Waals surface area contributed by atoms with E-state index in [4.69, 9.17) is 10.8 Å². The van der Waals surface area contributed by atoms with E-state index in [-0.39, 0.29) is 11.4 Å². The second-order valence-corrected chi connectivity index (χ2v) is 2.84. The van der Waals surface area contributed by atoms with E-state index in [0.717, 1.165) is 17.7 Å². The van der Waals surface area contributed by atoms with Crippen LogP contribution in [-0.4, -0.2) is 16.1 Å². The Balaban J connectivity index is 3.28. The standard InChI is InChI=1S/C9H12N2O2/c1-3-7-5(2)4-6(9(12)13)8(10)11-7/h4H,3H2,1-2H3,(H2,10,11)(H,12,13). The van der Waals surface area contributed by atoms with Gasteiger partial charge in [0.25, 0.3) is 0 Å². The molecular weight excluding hydrogens is 168 g/mol. The van der Waals surface area contributed by atoms with Crippen LogP contribution in [0.2, 0.25) is 0 Å². The topological polar surface area (TPSA) is 76.2 Å². The molecule has 0 unspecified atom stereocenters. The third kappa shape index (κ3) is 1.77. The van der Waals surface area contributed by atoms with Crippen LogP contribution in [0, 0.1) is 6.92 Å². The first kappa shape index (κ1) is 9.51. The Kier molecular flexibility index (Phi) is 2.51. The predicted octanol–water partition coefficient (Wildman–Crippen LogP) is 1.23. The fourth-order valence-electron chi connectivity index (χ4n) is 1.20. The summed E-state index contributed by atoms with van der Waals surface area (Å²) in [6, 6.07) is 1.56. The summed E-state index contributed by atoms with van der Waals surface area (Å²) in [6.45, 7) is 3.78. The van der Waals surface area contributed by atoms with Crippen LogP contribution in [0.1, 0.15) is 28.5 Å². The summed E-state index contributed by atoms with van der Waals surface area (Å²) in [7, 11) is 0. The minimum absolute atomic E-state index is 0.0784. The zero-order chi connectivity index (χ0) is 10.0. The van der Waals surface area contributed by atoms with Crippen molar-refractivity contribution in [2.45, 2.75) is 20.3 Å². The molecule has 0 bridgehead atoms. The average Bonchev–Trinajstić information content (AvgIpc) is 2.07.